The molecule has 0 unspecified atom stereocenters. The summed E-state index contributed by atoms with van der Waals surface area (Å²) in [5, 5.41) is 0. The van der Waals surface area contributed by atoms with Gasteiger partial charge < -0.3 is 11.5 Å². The molecule has 0 aliphatic heterocycles. The standard InChI is InChI=1S/C19H17BrN2/c20-18-4-2-1-3-17(18)19(13-5-9-15(21)10-6-13)14-7-11-16(22)12-8-14/h1-12,19H,21-22H2. The number of benzene rings is 3. The Morgan fingerprint density at radius 1 is 0.636 bits per heavy atom. The van der Waals surface area contributed by atoms with Crippen molar-refractivity contribution in [3.63, 3.8) is 0 Å². The van der Waals surface area contributed by atoms with Crippen LogP contribution >= 0.6 is 15.9 Å². The van der Waals surface area contributed by atoms with Crippen molar-refractivity contribution < 1.29 is 0 Å². The largest absolute Gasteiger partial charge is 0.399 e. The Morgan fingerprint density at radius 2 is 1.09 bits per heavy atom. The van der Waals surface area contributed by atoms with Crippen LogP contribution in [-0.2, 0) is 0 Å². The number of rotatable bonds is 3. The molecule has 3 aromatic rings. The molecule has 0 aromatic heterocycles. The first-order chi connectivity index (χ1) is 10.6. The van der Waals surface area contributed by atoms with Crippen molar-refractivity contribution in [2.45, 2.75) is 5.92 Å². The van der Waals surface area contributed by atoms with E-state index in [1.165, 1.54) is 16.7 Å². The molecule has 0 saturated carbocycles. The van der Waals surface area contributed by atoms with Gasteiger partial charge in [0.15, 0.2) is 0 Å². The number of anilines is 2. The van der Waals surface area contributed by atoms with E-state index in [4.69, 9.17) is 11.5 Å². The van der Waals surface area contributed by atoms with Crippen molar-refractivity contribution in [1.29, 1.82) is 0 Å². The highest BCUT2D eigenvalue weighted by molar-refractivity contribution is 9.10. The minimum Gasteiger partial charge on any atom is -0.399 e. The van der Waals surface area contributed by atoms with Gasteiger partial charge in [-0.05, 0) is 47.0 Å². The van der Waals surface area contributed by atoms with E-state index in [0.717, 1.165) is 15.8 Å². The average Bonchev–Trinajstić information content (AvgIpc) is 2.53. The van der Waals surface area contributed by atoms with E-state index in [0.29, 0.717) is 0 Å². The van der Waals surface area contributed by atoms with Crippen molar-refractivity contribution in [3.8, 4) is 0 Å². The summed E-state index contributed by atoms with van der Waals surface area (Å²) in [6, 6.07) is 24.4. The molecular weight excluding hydrogens is 336 g/mol. The molecule has 0 bridgehead atoms. The summed E-state index contributed by atoms with van der Waals surface area (Å²) in [4.78, 5) is 0. The quantitative estimate of drug-likeness (QED) is 0.525. The van der Waals surface area contributed by atoms with Gasteiger partial charge in [0.05, 0.1) is 0 Å². The summed E-state index contributed by atoms with van der Waals surface area (Å²) in [6.07, 6.45) is 0. The molecule has 22 heavy (non-hydrogen) atoms. The van der Waals surface area contributed by atoms with Gasteiger partial charge in [-0.15, -0.1) is 0 Å². The second kappa shape index (κ2) is 6.24. The summed E-state index contributed by atoms with van der Waals surface area (Å²) in [5.41, 5.74) is 16.8. The second-order valence-corrected chi connectivity index (χ2v) is 6.14. The van der Waals surface area contributed by atoms with Crippen molar-refractivity contribution in [3.05, 3.63) is 94.0 Å². The Morgan fingerprint density at radius 3 is 1.55 bits per heavy atom. The molecule has 0 aliphatic carbocycles. The third kappa shape index (κ3) is 3.00. The summed E-state index contributed by atoms with van der Waals surface area (Å²) < 4.78 is 1.09. The van der Waals surface area contributed by atoms with Gasteiger partial charge in [-0.1, -0.05) is 58.4 Å². The maximum atomic E-state index is 5.83. The maximum absolute atomic E-state index is 5.83. The highest BCUT2D eigenvalue weighted by Gasteiger charge is 2.18. The zero-order chi connectivity index (χ0) is 15.5. The fraction of sp³-hybridized carbons (Fsp3) is 0.0526. The van der Waals surface area contributed by atoms with Crippen LogP contribution in [0.4, 0.5) is 11.4 Å². The molecule has 2 nitrogen and oxygen atoms in total. The Balaban J connectivity index is 2.16. The highest BCUT2D eigenvalue weighted by atomic mass is 79.9. The van der Waals surface area contributed by atoms with Crippen LogP contribution in [0.3, 0.4) is 0 Å². The van der Waals surface area contributed by atoms with Crippen LogP contribution in [0.15, 0.2) is 77.3 Å². The van der Waals surface area contributed by atoms with Gasteiger partial charge in [0.2, 0.25) is 0 Å². The summed E-state index contributed by atoms with van der Waals surface area (Å²) in [5.74, 6) is 0.136. The lowest BCUT2D eigenvalue weighted by atomic mass is 9.85. The first kappa shape index (κ1) is 14.7. The molecule has 3 rings (SSSR count). The van der Waals surface area contributed by atoms with Crippen LogP contribution in [0.2, 0.25) is 0 Å². The molecule has 0 radical (unpaired) electrons. The van der Waals surface area contributed by atoms with Crippen LogP contribution in [0.1, 0.15) is 22.6 Å². The van der Waals surface area contributed by atoms with E-state index in [1.54, 1.807) is 0 Å². The number of hydrogen-bond acceptors (Lipinski definition) is 2. The van der Waals surface area contributed by atoms with E-state index in [1.807, 2.05) is 30.3 Å². The number of nitrogen functional groups attached to an aromatic ring is 2. The lowest BCUT2D eigenvalue weighted by Gasteiger charge is -2.20. The first-order valence-corrected chi connectivity index (χ1v) is 7.90. The predicted molar refractivity (Wildman–Crippen MR) is 96.8 cm³/mol. The molecule has 110 valence electrons. The zero-order valence-electron chi connectivity index (χ0n) is 12.0. The fourth-order valence-corrected chi connectivity index (χ4v) is 3.15. The van der Waals surface area contributed by atoms with Gasteiger partial charge in [0.25, 0.3) is 0 Å². The average molecular weight is 353 g/mol. The molecular formula is C19H17BrN2. The number of nitrogens with two attached hydrogens (primary N) is 2. The topological polar surface area (TPSA) is 52.0 Å². The first-order valence-electron chi connectivity index (χ1n) is 7.10. The molecule has 0 amide bonds. The van der Waals surface area contributed by atoms with E-state index < -0.39 is 0 Å². The SMILES string of the molecule is Nc1ccc(C(c2ccc(N)cc2)c2ccccc2Br)cc1. The number of halogens is 1. The molecule has 0 spiro atoms. The molecule has 0 aliphatic rings. The zero-order valence-corrected chi connectivity index (χ0v) is 13.6. The Labute approximate surface area is 138 Å². The predicted octanol–water partition coefficient (Wildman–Crippen LogP) is 4.79. The minimum atomic E-state index is 0.136. The monoisotopic (exact) mass is 352 g/mol. The van der Waals surface area contributed by atoms with Gasteiger partial charge >= 0.3 is 0 Å². The van der Waals surface area contributed by atoms with Gasteiger partial charge in [-0.2, -0.15) is 0 Å². The second-order valence-electron chi connectivity index (χ2n) is 5.29. The van der Waals surface area contributed by atoms with Crippen LogP contribution in [0.5, 0.6) is 0 Å². The molecule has 3 aromatic carbocycles. The third-order valence-corrected chi connectivity index (χ3v) is 4.48. The van der Waals surface area contributed by atoms with Crippen molar-refractivity contribution in [2.24, 2.45) is 0 Å². The Hall–Kier alpha value is -2.26. The van der Waals surface area contributed by atoms with Crippen molar-refractivity contribution >= 4 is 27.3 Å². The van der Waals surface area contributed by atoms with Gasteiger partial charge in [0.1, 0.15) is 0 Å². The smallest absolute Gasteiger partial charge is 0.0351 e. The summed E-state index contributed by atoms with van der Waals surface area (Å²) in [6.45, 7) is 0. The molecule has 4 N–H and O–H groups in total. The van der Waals surface area contributed by atoms with Crippen LogP contribution < -0.4 is 11.5 Å². The van der Waals surface area contributed by atoms with Gasteiger partial charge in [-0.25, -0.2) is 0 Å². The molecule has 3 heteroatoms. The van der Waals surface area contributed by atoms with E-state index >= 15 is 0 Å². The van der Waals surface area contributed by atoms with Gasteiger partial charge in [-0.3, -0.25) is 0 Å². The normalized spacial score (nSPS) is 10.8. The van der Waals surface area contributed by atoms with Crippen LogP contribution in [0.25, 0.3) is 0 Å². The van der Waals surface area contributed by atoms with E-state index in [2.05, 4.69) is 58.4 Å². The fourth-order valence-electron chi connectivity index (χ4n) is 2.64. The van der Waals surface area contributed by atoms with Crippen molar-refractivity contribution in [2.75, 3.05) is 11.5 Å². The lowest BCUT2D eigenvalue weighted by Crippen LogP contribution is -2.04. The van der Waals surface area contributed by atoms with Crippen molar-refractivity contribution in [1.82, 2.24) is 0 Å². The molecule has 0 heterocycles. The van der Waals surface area contributed by atoms with E-state index in [9.17, 15) is 0 Å². The summed E-state index contributed by atoms with van der Waals surface area (Å²) in [7, 11) is 0. The maximum Gasteiger partial charge on any atom is 0.0351 e. The molecule has 0 saturated heterocycles. The minimum absolute atomic E-state index is 0.136. The number of hydrogen-bond donors (Lipinski definition) is 2. The van der Waals surface area contributed by atoms with Gasteiger partial charge in [0, 0.05) is 21.8 Å². The highest BCUT2D eigenvalue weighted by Crippen LogP contribution is 2.36. The van der Waals surface area contributed by atoms with Crippen LogP contribution in [0, 0.1) is 0 Å². The Bertz CT molecular complexity index is 719. The summed E-state index contributed by atoms with van der Waals surface area (Å²) >= 11 is 3.67. The Kier molecular flexibility index (Phi) is 4.16. The molecule has 0 fully saturated rings. The third-order valence-electron chi connectivity index (χ3n) is 3.76. The molecule has 0 atom stereocenters. The van der Waals surface area contributed by atoms with E-state index in [-0.39, 0.29) is 5.92 Å². The lowest BCUT2D eigenvalue weighted by molar-refractivity contribution is 0.971. The van der Waals surface area contributed by atoms with Crippen LogP contribution in [-0.4, -0.2) is 0 Å².